The second-order valence-corrected chi connectivity index (χ2v) is 10.5. The standard InChI is InChI=1S/C21H36N2O2S/c24-19-6-11-22(18-7-12-26-13-8-18)15-21(19)9-3-10-23(16-21)20(25)14-17-4-1-2-5-17/h17-19,24H,1-16H2/t19-,21-/m1/s1. The molecule has 0 bridgehead atoms. The van der Waals surface area contributed by atoms with Gasteiger partial charge in [-0.25, -0.2) is 0 Å². The van der Waals surface area contributed by atoms with Gasteiger partial charge in [-0.1, -0.05) is 12.8 Å². The van der Waals surface area contributed by atoms with Crippen LogP contribution >= 0.6 is 11.8 Å². The highest BCUT2D eigenvalue weighted by Gasteiger charge is 2.47. The minimum Gasteiger partial charge on any atom is -0.392 e. The highest BCUT2D eigenvalue weighted by atomic mass is 32.2. The number of thioether (sulfide) groups is 1. The Hall–Kier alpha value is -0.260. The van der Waals surface area contributed by atoms with Crippen LogP contribution in [0.3, 0.4) is 0 Å². The van der Waals surface area contributed by atoms with Crippen LogP contribution in [0.1, 0.15) is 64.2 Å². The lowest BCUT2D eigenvalue weighted by Crippen LogP contribution is -2.61. The summed E-state index contributed by atoms with van der Waals surface area (Å²) >= 11 is 2.08. The second kappa shape index (κ2) is 8.40. The molecule has 4 nitrogen and oxygen atoms in total. The zero-order valence-electron chi connectivity index (χ0n) is 16.2. The first-order valence-corrected chi connectivity index (χ1v) is 12.1. The van der Waals surface area contributed by atoms with Crippen LogP contribution in [0.2, 0.25) is 0 Å². The van der Waals surface area contributed by atoms with Gasteiger partial charge in [0, 0.05) is 44.1 Å². The van der Waals surface area contributed by atoms with E-state index >= 15 is 0 Å². The molecule has 3 aliphatic heterocycles. The van der Waals surface area contributed by atoms with Gasteiger partial charge in [0.05, 0.1) is 6.10 Å². The summed E-state index contributed by atoms with van der Waals surface area (Å²) in [5.41, 5.74) is -0.0770. The number of aliphatic hydroxyl groups is 1. The smallest absolute Gasteiger partial charge is 0.222 e. The molecule has 1 aliphatic carbocycles. The summed E-state index contributed by atoms with van der Waals surface area (Å²) in [5.74, 6) is 3.54. The molecule has 4 fully saturated rings. The average Bonchev–Trinajstić information content (AvgIpc) is 3.18. The number of carbonyl (C=O) groups excluding carboxylic acids is 1. The third-order valence-corrected chi connectivity index (χ3v) is 8.57. The first-order chi connectivity index (χ1) is 12.7. The molecule has 1 amide bonds. The van der Waals surface area contributed by atoms with Crippen LogP contribution in [0, 0.1) is 11.3 Å². The van der Waals surface area contributed by atoms with E-state index < -0.39 is 0 Å². The fourth-order valence-electron chi connectivity index (χ4n) is 5.91. The van der Waals surface area contributed by atoms with E-state index in [-0.39, 0.29) is 11.5 Å². The minimum atomic E-state index is -0.237. The van der Waals surface area contributed by atoms with Crippen molar-refractivity contribution in [3.8, 4) is 0 Å². The van der Waals surface area contributed by atoms with Crippen molar-refractivity contribution in [1.29, 1.82) is 0 Å². The molecule has 5 heteroatoms. The van der Waals surface area contributed by atoms with Crippen molar-refractivity contribution < 1.29 is 9.90 Å². The molecule has 4 rings (SSSR count). The predicted octanol–water partition coefficient (Wildman–Crippen LogP) is 3.14. The number of nitrogens with zero attached hydrogens (tertiary/aromatic N) is 2. The largest absolute Gasteiger partial charge is 0.392 e. The van der Waals surface area contributed by atoms with Gasteiger partial charge in [-0.05, 0) is 62.4 Å². The first-order valence-electron chi connectivity index (χ1n) is 10.9. The lowest BCUT2D eigenvalue weighted by atomic mass is 9.71. The summed E-state index contributed by atoms with van der Waals surface area (Å²) in [6, 6.07) is 0.699. The van der Waals surface area contributed by atoms with Crippen LogP contribution in [0.4, 0.5) is 0 Å². The number of hydrogen-bond donors (Lipinski definition) is 1. The molecule has 0 aromatic rings. The molecule has 1 N–H and O–H groups in total. The Morgan fingerprint density at radius 1 is 1.00 bits per heavy atom. The number of aliphatic hydroxyl groups excluding tert-OH is 1. The maximum atomic E-state index is 12.9. The van der Waals surface area contributed by atoms with Crippen LogP contribution < -0.4 is 0 Å². The Kier molecular flexibility index (Phi) is 6.16. The Morgan fingerprint density at radius 2 is 1.77 bits per heavy atom. The fourth-order valence-corrected chi connectivity index (χ4v) is 6.99. The van der Waals surface area contributed by atoms with Crippen LogP contribution in [0.5, 0.6) is 0 Å². The summed E-state index contributed by atoms with van der Waals surface area (Å²) < 4.78 is 0. The van der Waals surface area contributed by atoms with E-state index in [1.54, 1.807) is 0 Å². The van der Waals surface area contributed by atoms with E-state index in [0.29, 0.717) is 17.9 Å². The van der Waals surface area contributed by atoms with E-state index in [4.69, 9.17) is 0 Å². The van der Waals surface area contributed by atoms with Crippen molar-refractivity contribution in [2.24, 2.45) is 11.3 Å². The van der Waals surface area contributed by atoms with Crippen molar-refractivity contribution in [3.63, 3.8) is 0 Å². The van der Waals surface area contributed by atoms with Gasteiger partial charge in [-0.2, -0.15) is 11.8 Å². The molecule has 0 radical (unpaired) electrons. The molecule has 0 aromatic heterocycles. The predicted molar refractivity (Wildman–Crippen MR) is 107 cm³/mol. The topological polar surface area (TPSA) is 43.8 Å². The van der Waals surface area contributed by atoms with Crippen LogP contribution in [-0.4, -0.2) is 70.6 Å². The average molecular weight is 381 g/mol. The number of hydrogen-bond acceptors (Lipinski definition) is 4. The van der Waals surface area contributed by atoms with E-state index in [0.717, 1.165) is 51.9 Å². The monoisotopic (exact) mass is 380 g/mol. The Labute approximate surface area is 163 Å². The van der Waals surface area contributed by atoms with Crippen LogP contribution in [0.25, 0.3) is 0 Å². The van der Waals surface area contributed by atoms with Crippen molar-refractivity contribution in [3.05, 3.63) is 0 Å². The van der Waals surface area contributed by atoms with Gasteiger partial charge in [-0.15, -0.1) is 0 Å². The number of likely N-dealkylation sites (tertiary alicyclic amines) is 2. The summed E-state index contributed by atoms with van der Waals surface area (Å²) in [4.78, 5) is 17.7. The molecule has 1 spiro atoms. The zero-order chi connectivity index (χ0) is 18.0. The number of piperidine rings is 2. The number of carbonyl (C=O) groups is 1. The van der Waals surface area contributed by atoms with E-state index in [1.165, 1.54) is 50.0 Å². The Morgan fingerprint density at radius 3 is 2.54 bits per heavy atom. The summed E-state index contributed by atoms with van der Waals surface area (Å²) in [6.07, 6.45) is 11.2. The van der Waals surface area contributed by atoms with E-state index in [2.05, 4.69) is 21.6 Å². The van der Waals surface area contributed by atoms with Gasteiger partial charge in [0.15, 0.2) is 0 Å². The maximum absolute atomic E-state index is 12.9. The summed E-state index contributed by atoms with van der Waals surface area (Å²) in [7, 11) is 0. The second-order valence-electron chi connectivity index (χ2n) is 9.25. The lowest BCUT2D eigenvalue weighted by Gasteiger charge is -2.53. The Bertz CT molecular complexity index is 490. The number of amides is 1. The molecular weight excluding hydrogens is 344 g/mol. The molecule has 4 aliphatic rings. The van der Waals surface area contributed by atoms with E-state index in [1.807, 2.05) is 0 Å². The highest BCUT2D eigenvalue weighted by molar-refractivity contribution is 7.99. The molecule has 3 heterocycles. The minimum absolute atomic E-state index is 0.0770. The van der Waals surface area contributed by atoms with Gasteiger partial charge < -0.3 is 10.0 Å². The number of rotatable bonds is 3. The normalized spacial score (nSPS) is 35.3. The SMILES string of the molecule is O=C(CC1CCCC1)N1CCC[C@]2(C1)CN(C1CCSCC1)CC[C@H]2O. The van der Waals surface area contributed by atoms with Gasteiger partial charge in [0.2, 0.25) is 5.91 Å². The zero-order valence-corrected chi connectivity index (χ0v) is 17.0. The van der Waals surface area contributed by atoms with Crippen molar-refractivity contribution >= 4 is 17.7 Å². The van der Waals surface area contributed by atoms with Crippen molar-refractivity contribution in [2.75, 3.05) is 37.7 Å². The molecule has 3 saturated heterocycles. The van der Waals surface area contributed by atoms with Crippen molar-refractivity contribution in [2.45, 2.75) is 76.4 Å². The third kappa shape index (κ3) is 4.10. The molecular formula is C21H36N2O2S. The molecule has 0 aromatic carbocycles. The van der Waals surface area contributed by atoms with Gasteiger partial charge in [-0.3, -0.25) is 9.69 Å². The first kappa shape index (κ1) is 19.1. The van der Waals surface area contributed by atoms with Gasteiger partial charge in [0.1, 0.15) is 0 Å². The quantitative estimate of drug-likeness (QED) is 0.817. The van der Waals surface area contributed by atoms with Gasteiger partial charge in [0.25, 0.3) is 0 Å². The van der Waals surface area contributed by atoms with E-state index in [9.17, 15) is 9.90 Å². The Balaban J connectivity index is 1.40. The maximum Gasteiger partial charge on any atom is 0.222 e. The van der Waals surface area contributed by atoms with Crippen molar-refractivity contribution in [1.82, 2.24) is 9.80 Å². The van der Waals surface area contributed by atoms with Crippen LogP contribution in [0.15, 0.2) is 0 Å². The summed E-state index contributed by atoms with van der Waals surface area (Å²) in [6.45, 7) is 3.72. The summed E-state index contributed by atoms with van der Waals surface area (Å²) in [5, 5.41) is 10.9. The fraction of sp³-hybridized carbons (Fsp3) is 0.952. The lowest BCUT2D eigenvalue weighted by molar-refractivity contribution is -0.143. The molecule has 0 unspecified atom stereocenters. The van der Waals surface area contributed by atoms with Gasteiger partial charge >= 0.3 is 0 Å². The molecule has 2 atom stereocenters. The highest BCUT2D eigenvalue weighted by Crippen LogP contribution is 2.41. The molecule has 1 saturated carbocycles. The molecule has 26 heavy (non-hydrogen) atoms. The van der Waals surface area contributed by atoms with Crippen LogP contribution in [-0.2, 0) is 4.79 Å². The molecule has 148 valence electrons. The third-order valence-electron chi connectivity index (χ3n) is 7.52.